The molecule has 0 radical (unpaired) electrons. The number of nitrogens with zero attached hydrogens (tertiary/aromatic N) is 1. The minimum absolute atomic E-state index is 0.119. The Morgan fingerprint density at radius 1 is 1.34 bits per heavy atom. The Labute approximate surface area is 172 Å². The van der Waals surface area contributed by atoms with Crippen LogP contribution in [0.15, 0.2) is 12.2 Å². The van der Waals surface area contributed by atoms with Crippen LogP contribution in [0.3, 0.4) is 0 Å². The normalized spacial score (nSPS) is 20.4. The molecule has 0 bridgehead atoms. The fourth-order valence-electron chi connectivity index (χ4n) is 3.18. The molecule has 1 aliphatic heterocycles. The highest BCUT2D eigenvalue weighted by molar-refractivity contribution is 5.86. The van der Waals surface area contributed by atoms with Crippen molar-refractivity contribution in [2.45, 2.75) is 83.3 Å². The van der Waals surface area contributed by atoms with Crippen LogP contribution in [-0.2, 0) is 14.3 Å². The number of esters is 1. The summed E-state index contributed by atoms with van der Waals surface area (Å²) in [6, 6.07) is -0.726. The number of alkyl halides is 2. The van der Waals surface area contributed by atoms with E-state index in [2.05, 4.69) is 16.6 Å². The molecule has 1 saturated heterocycles. The Bertz CT molecular complexity index is 624. The van der Waals surface area contributed by atoms with Crippen molar-refractivity contribution in [2.75, 3.05) is 13.7 Å². The van der Waals surface area contributed by atoms with Gasteiger partial charge in [-0.25, -0.2) is 0 Å². The lowest BCUT2D eigenvalue weighted by molar-refractivity contribution is -0.148. The zero-order chi connectivity index (χ0) is 21.9. The van der Waals surface area contributed by atoms with Crippen LogP contribution < -0.4 is 0 Å². The van der Waals surface area contributed by atoms with Gasteiger partial charge in [-0.05, 0) is 18.8 Å². The minimum atomic E-state index is -3.37. The number of ether oxygens (including phenoxy) is 1. The molecule has 7 heteroatoms. The average molecular weight is 414 g/mol. The number of amides is 1. The van der Waals surface area contributed by atoms with E-state index in [-0.39, 0.29) is 18.4 Å². The van der Waals surface area contributed by atoms with Crippen LogP contribution in [-0.4, -0.2) is 53.6 Å². The van der Waals surface area contributed by atoms with Crippen LogP contribution in [0.4, 0.5) is 8.78 Å². The quantitative estimate of drug-likeness (QED) is 0.243. The lowest BCUT2D eigenvalue weighted by Crippen LogP contribution is -2.36. The summed E-state index contributed by atoms with van der Waals surface area (Å²) in [5.74, 6) is 0.998. The summed E-state index contributed by atoms with van der Waals surface area (Å²) in [5.41, 5.74) is 0. The van der Waals surface area contributed by atoms with Crippen molar-refractivity contribution in [2.24, 2.45) is 5.92 Å². The van der Waals surface area contributed by atoms with Crippen LogP contribution in [0.2, 0.25) is 0 Å². The number of hydrogen-bond donors (Lipinski definition) is 1. The predicted octanol–water partition coefficient (Wildman–Crippen LogP) is 3.70. The zero-order valence-electron chi connectivity index (χ0n) is 17.6. The summed E-state index contributed by atoms with van der Waals surface area (Å²) in [6.07, 6.45) is 6.01. The Morgan fingerprint density at radius 3 is 2.69 bits per heavy atom. The van der Waals surface area contributed by atoms with Gasteiger partial charge in [-0.1, -0.05) is 38.8 Å². The second-order valence-corrected chi connectivity index (χ2v) is 7.48. The smallest absolute Gasteiger partial charge is 0.327 e. The monoisotopic (exact) mass is 413 g/mol. The third-order valence-electron chi connectivity index (χ3n) is 5.04. The molecule has 1 amide bonds. The summed E-state index contributed by atoms with van der Waals surface area (Å²) in [6.45, 7) is 4.02. The number of aliphatic hydroxyl groups excluding tert-OH is 1. The number of methoxy groups -OCH3 is 1. The van der Waals surface area contributed by atoms with Crippen LogP contribution >= 0.6 is 0 Å². The molecule has 5 nitrogen and oxygen atoms in total. The first-order valence-corrected chi connectivity index (χ1v) is 10.3. The van der Waals surface area contributed by atoms with Gasteiger partial charge in [0.15, 0.2) is 0 Å². The van der Waals surface area contributed by atoms with Gasteiger partial charge in [-0.3, -0.25) is 9.59 Å². The van der Waals surface area contributed by atoms with Gasteiger partial charge in [0.25, 0.3) is 5.91 Å². The number of hydrogen-bond acceptors (Lipinski definition) is 4. The molecule has 0 aromatic rings. The first-order valence-electron chi connectivity index (χ1n) is 10.3. The molecule has 0 saturated carbocycles. The topological polar surface area (TPSA) is 66.8 Å². The summed E-state index contributed by atoms with van der Waals surface area (Å²) < 4.78 is 32.4. The molecule has 1 aliphatic rings. The molecule has 1 fully saturated rings. The Kier molecular flexibility index (Phi) is 10.9. The first-order chi connectivity index (χ1) is 13.7. The average Bonchev–Trinajstić information content (AvgIpc) is 2.91. The number of rotatable bonds is 11. The van der Waals surface area contributed by atoms with E-state index in [4.69, 9.17) is 0 Å². The number of unbranched alkanes of at least 4 members (excludes halogenated alkanes) is 3. The Hall–Kier alpha value is -1.94. The van der Waals surface area contributed by atoms with Crippen LogP contribution in [0.5, 0.6) is 0 Å². The van der Waals surface area contributed by atoms with Crippen LogP contribution in [0.25, 0.3) is 0 Å². The van der Waals surface area contributed by atoms with Crippen molar-refractivity contribution in [3.8, 4) is 11.8 Å². The van der Waals surface area contributed by atoms with Gasteiger partial charge < -0.3 is 14.7 Å². The number of carbonyl (C=O) groups excluding carboxylic acids is 2. The lowest BCUT2D eigenvalue weighted by atomic mass is 9.99. The molecule has 1 N–H and O–H groups in total. The van der Waals surface area contributed by atoms with Crippen molar-refractivity contribution >= 4 is 11.9 Å². The molecular weight excluding hydrogens is 380 g/mol. The van der Waals surface area contributed by atoms with Gasteiger partial charge in [0.05, 0.1) is 19.3 Å². The van der Waals surface area contributed by atoms with Gasteiger partial charge in [0, 0.05) is 32.2 Å². The van der Waals surface area contributed by atoms with Crippen molar-refractivity contribution in [1.29, 1.82) is 0 Å². The molecule has 0 spiro atoms. The molecule has 0 aliphatic carbocycles. The number of likely N-dealkylation sites (tertiary alicyclic amines) is 1. The van der Waals surface area contributed by atoms with Crippen LogP contribution in [0, 0.1) is 17.8 Å². The zero-order valence-corrected chi connectivity index (χ0v) is 17.6. The van der Waals surface area contributed by atoms with Crippen molar-refractivity contribution in [1.82, 2.24) is 4.90 Å². The fourth-order valence-corrected chi connectivity index (χ4v) is 3.18. The second-order valence-electron chi connectivity index (χ2n) is 7.48. The highest BCUT2D eigenvalue weighted by atomic mass is 19.3. The predicted molar refractivity (Wildman–Crippen MR) is 107 cm³/mol. The molecule has 0 aromatic carbocycles. The third-order valence-corrected chi connectivity index (χ3v) is 5.04. The van der Waals surface area contributed by atoms with Gasteiger partial charge >= 0.3 is 11.9 Å². The maximum Gasteiger partial charge on any atom is 0.327 e. The molecule has 29 heavy (non-hydrogen) atoms. The number of carbonyl (C=O) groups is 2. The minimum Gasteiger partial charge on any atom is -0.469 e. The van der Waals surface area contributed by atoms with E-state index >= 15 is 0 Å². The first kappa shape index (κ1) is 25.1. The van der Waals surface area contributed by atoms with E-state index in [0.29, 0.717) is 25.7 Å². The molecule has 164 valence electrons. The van der Waals surface area contributed by atoms with Crippen molar-refractivity contribution in [3.05, 3.63) is 12.2 Å². The van der Waals surface area contributed by atoms with Gasteiger partial charge in [0.2, 0.25) is 0 Å². The SMILES string of the molecule is CCC#CC[C@H](C)[C@H](O)C=C[C@H]1CC(F)(F)C(=O)N1CCCCCCC(=O)OC. The Balaban J connectivity index is 2.56. The summed E-state index contributed by atoms with van der Waals surface area (Å²) in [7, 11) is 1.34. The molecule has 1 heterocycles. The largest absolute Gasteiger partial charge is 0.469 e. The lowest BCUT2D eigenvalue weighted by Gasteiger charge is -2.22. The number of halogens is 2. The van der Waals surface area contributed by atoms with Crippen LogP contribution in [0.1, 0.15) is 65.2 Å². The van der Waals surface area contributed by atoms with Crippen molar-refractivity contribution < 1.29 is 28.2 Å². The van der Waals surface area contributed by atoms with Crippen molar-refractivity contribution in [3.63, 3.8) is 0 Å². The maximum atomic E-state index is 13.9. The van der Waals surface area contributed by atoms with Gasteiger partial charge in [0.1, 0.15) is 0 Å². The number of aliphatic hydroxyl groups is 1. The van der Waals surface area contributed by atoms with E-state index in [1.165, 1.54) is 24.2 Å². The van der Waals surface area contributed by atoms with E-state index in [1.807, 2.05) is 13.8 Å². The standard InChI is InChI=1S/C22H33F2NO4/c1-4-5-8-11-17(2)19(26)14-13-18-16-22(23,24)21(28)25(18)15-10-7-6-9-12-20(27)29-3/h13-14,17-19,26H,4,6-7,9-12,15-16H2,1-3H3/t17-,18-,19+/m0/s1. The second kappa shape index (κ2) is 12.6. The van der Waals surface area contributed by atoms with E-state index in [9.17, 15) is 23.5 Å². The summed E-state index contributed by atoms with van der Waals surface area (Å²) in [5, 5.41) is 10.2. The molecule has 0 aromatic heterocycles. The molecule has 3 atom stereocenters. The Morgan fingerprint density at radius 2 is 2.03 bits per heavy atom. The maximum absolute atomic E-state index is 13.9. The van der Waals surface area contributed by atoms with Gasteiger partial charge in [-0.2, -0.15) is 8.78 Å². The molecule has 1 rings (SSSR count). The van der Waals surface area contributed by atoms with E-state index < -0.39 is 30.4 Å². The summed E-state index contributed by atoms with van der Waals surface area (Å²) >= 11 is 0. The third kappa shape index (κ3) is 8.53. The van der Waals surface area contributed by atoms with Gasteiger partial charge in [-0.15, -0.1) is 11.8 Å². The molecular formula is C22H33F2NO4. The molecule has 0 unspecified atom stereocenters. The summed E-state index contributed by atoms with van der Waals surface area (Å²) in [4.78, 5) is 24.3. The highest BCUT2D eigenvalue weighted by Gasteiger charge is 2.52. The highest BCUT2D eigenvalue weighted by Crippen LogP contribution is 2.34. The van der Waals surface area contributed by atoms with E-state index in [1.54, 1.807) is 0 Å². The fraction of sp³-hybridized carbons (Fsp3) is 0.727. The van der Waals surface area contributed by atoms with E-state index in [0.717, 1.165) is 19.3 Å².